The molecule has 1 aliphatic carbocycles. The molecule has 1 aromatic carbocycles. The minimum absolute atomic E-state index is 0.199. The van der Waals surface area contributed by atoms with E-state index in [1.807, 2.05) is 0 Å². The van der Waals surface area contributed by atoms with Gasteiger partial charge in [-0.3, -0.25) is 0 Å². The number of halogens is 2. The van der Waals surface area contributed by atoms with Crippen LogP contribution in [0.5, 0.6) is 0 Å². The number of nitrogens with one attached hydrogen (secondary N) is 2. The second-order valence-electron chi connectivity index (χ2n) is 5.15. The van der Waals surface area contributed by atoms with E-state index >= 15 is 0 Å². The van der Waals surface area contributed by atoms with Crippen LogP contribution in [0.1, 0.15) is 25.7 Å². The number of carbonyl (C=O) groups is 1. The van der Waals surface area contributed by atoms with Crippen LogP contribution in [0, 0.1) is 0 Å². The molecule has 21 heavy (non-hydrogen) atoms. The predicted octanol–water partition coefficient (Wildman–Crippen LogP) is 3.43. The van der Waals surface area contributed by atoms with Crippen molar-refractivity contribution in [1.29, 1.82) is 0 Å². The van der Waals surface area contributed by atoms with Crippen molar-refractivity contribution in [2.75, 3.05) is 11.9 Å². The fraction of sp³-hybridized carbons (Fsp3) is 0.500. The molecule has 116 valence electrons. The topological polar surface area (TPSA) is 61.4 Å². The van der Waals surface area contributed by atoms with Gasteiger partial charge in [0.1, 0.15) is 0 Å². The lowest BCUT2D eigenvalue weighted by molar-refractivity contribution is 0.0506. The van der Waals surface area contributed by atoms with Gasteiger partial charge in [-0.15, -0.1) is 0 Å². The summed E-state index contributed by atoms with van der Waals surface area (Å²) >= 11 is 0.428. The molecule has 7 heteroatoms. The van der Waals surface area contributed by atoms with Crippen molar-refractivity contribution in [2.45, 2.75) is 41.9 Å². The molecule has 3 N–H and O–H groups in total. The van der Waals surface area contributed by atoms with E-state index in [4.69, 9.17) is 0 Å². The molecule has 0 bridgehead atoms. The van der Waals surface area contributed by atoms with Crippen LogP contribution < -0.4 is 10.6 Å². The van der Waals surface area contributed by atoms with Crippen LogP contribution >= 0.6 is 11.8 Å². The highest BCUT2D eigenvalue weighted by Gasteiger charge is 2.31. The Hall–Kier alpha value is -1.34. The monoisotopic (exact) mass is 316 g/mol. The van der Waals surface area contributed by atoms with E-state index in [9.17, 15) is 18.7 Å². The number of carbonyl (C=O) groups excluding carboxylic acids is 1. The number of alkyl halides is 2. The van der Waals surface area contributed by atoms with Crippen LogP contribution in [0.25, 0.3) is 0 Å². The van der Waals surface area contributed by atoms with E-state index in [1.165, 1.54) is 6.07 Å². The molecule has 4 nitrogen and oxygen atoms in total. The average Bonchev–Trinajstić information content (AvgIpc) is 2.84. The number of thioether (sulfide) groups is 1. The fourth-order valence-electron chi connectivity index (χ4n) is 2.38. The van der Waals surface area contributed by atoms with Crippen molar-refractivity contribution in [3.63, 3.8) is 0 Å². The van der Waals surface area contributed by atoms with E-state index in [0.29, 0.717) is 35.2 Å². The Morgan fingerprint density at radius 3 is 2.76 bits per heavy atom. The van der Waals surface area contributed by atoms with E-state index in [1.54, 1.807) is 18.2 Å². The van der Waals surface area contributed by atoms with Crippen LogP contribution in [0.4, 0.5) is 19.3 Å². The predicted molar refractivity (Wildman–Crippen MR) is 78.7 cm³/mol. The number of anilines is 1. The van der Waals surface area contributed by atoms with Crippen LogP contribution in [0.15, 0.2) is 29.2 Å². The molecule has 1 saturated carbocycles. The lowest BCUT2D eigenvalue weighted by atomic mass is 10.0. The highest BCUT2D eigenvalue weighted by Crippen LogP contribution is 2.29. The quantitative estimate of drug-likeness (QED) is 0.729. The minimum atomic E-state index is -2.49. The Morgan fingerprint density at radius 2 is 2.10 bits per heavy atom. The maximum absolute atomic E-state index is 12.3. The van der Waals surface area contributed by atoms with Gasteiger partial charge in [-0.2, -0.15) is 8.78 Å². The van der Waals surface area contributed by atoms with Gasteiger partial charge in [0.2, 0.25) is 0 Å². The normalized spacial score (nSPS) is 17.0. The zero-order valence-electron chi connectivity index (χ0n) is 11.4. The summed E-state index contributed by atoms with van der Waals surface area (Å²) in [5.41, 5.74) is -0.374. The first-order valence-electron chi connectivity index (χ1n) is 6.79. The highest BCUT2D eigenvalue weighted by molar-refractivity contribution is 7.99. The smallest absolute Gasteiger partial charge is 0.319 e. The number of rotatable bonds is 5. The summed E-state index contributed by atoms with van der Waals surface area (Å²) in [5.74, 6) is -2.49. The first kappa shape index (κ1) is 16.0. The second-order valence-corrected chi connectivity index (χ2v) is 6.21. The molecule has 1 aliphatic rings. The Labute approximate surface area is 126 Å². The molecule has 0 heterocycles. The molecule has 1 aromatic rings. The Bertz CT molecular complexity index is 494. The lowest BCUT2D eigenvalue weighted by Gasteiger charge is -2.22. The number of benzene rings is 1. The summed E-state index contributed by atoms with van der Waals surface area (Å²) in [6.07, 6.45) is 3.31. The van der Waals surface area contributed by atoms with E-state index in [0.717, 1.165) is 12.8 Å². The molecule has 2 amide bonds. The Morgan fingerprint density at radius 1 is 1.38 bits per heavy atom. The van der Waals surface area contributed by atoms with E-state index < -0.39 is 17.4 Å². The number of hydrogen-bond acceptors (Lipinski definition) is 3. The third-order valence-corrected chi connectivity index (χ3v) is 4.13. The highest BCUT2D eigenvalue weighted by atomic mass is 32.2. The third-order valence-electron chi connectivity index (χ3n) is 3.43. The van der Waals surface area contributed by atoms with Gasteiger partial charge in [0.15, 0.2) is 0 Å². The Kier molecular flexibility index (Phi) is 5.41. The first-order chi connectivity index (χ1) is 9.97. The lowest BCUT2D eigenvalue weighted by Crippen LogP contribution is -2.42. The summed E-state index contributed by atoms with van der Waals surface area (Å²) in [6.45, 7) is 0.199. The van der Waals surface area contributed by atoms with E-state index in [2.05, 4.69) is 10.6 Å². The number of urea groups is 1. The summed E-state index contributed by atoms with van der Waals surface area (Å²) < 4.78 is 24.6. The molecule has 0 aliphatic heterocycles. The molecule has 1 fully saturated rings. The molecule has 0 spiro atoms. The standard InChI is InChI=1S/C14H18F2N2O2S/c15-12(16)21-11-5-3-4-10(8-11)18-13(19)17-9-14(20)6-1-2-7-14/h3-5,8,12,20H,1-2,6-7,9H2,(H2,17,18,19). The number of aliphatic hydroxyl groups is 1. The van der Waals surface area contributed by atoms with Gasteiger partial charge in [0.05, 0.1) is 5.60 Å². The first-order valence-corrected chi connectivity index (χ1v) is 7.67. The zero-order chi connectivity index (χ0) is 15.3. The minimum Gasteiger partial charge on any atom is -0.388 e. The molecular formula is C14H18F2N2O2S. The third kappa shape index (κ3) is 5.17. The van der Waals surface area contributed by atoms with Crippen molar-refractivity contribution in [2.24, 2.45) is 0 Å². The van der Waals surface area contributed by atoms with Gasteiger partial charge < -0.3 is 15.7 Å². The van der Waals surface area contributed by atoms with Gasteiger partial charge in [-0.25, -0.2) is 4.79 Å². The molecule has 0 saturated heterocycles. The molecule has 0 atom stereocenters. The molecule has 0 aromatic heterocycles. The second kappa shape index (κ2) is 7.09. The summed E-state index contributed by atoms with van der Waals surface area (Å²) in [6, 6.07) is 5.82. The van der Waals surface area contributed by atoms with Crippen molar-refractivity contribution in [3.05, 3.63) is 24.3 Å². The van der Waals surface area contributed by atoms with Crippen LogP contribution in [-0.4, -0.2) is 29.0 Å². The fourth-order valence-corrected chi connectivity index (χ4v) is 2.94. The summed E-state index contributed by atoms with van der Waals surface area (Å²) in [5, 5.41) is 15.3. The van der Waals surface area contributed by atoms with Crippen molar-refractivity contribution in [1.82, 2.24) is 5.32 Å². The largest absolute Gasteiger partial charge is 0.388 e. The SMILES string of the molecule is O=C(NCC1(O)CCCC1)Nc1cccc(SC(F)F)c1. The van der Waals surface area contributed by atoms with Gasteiger partial charge in [0, 0.05) is 17.1 Å². The zero-order valence-corrected chi connectivity index (χ0v) is 12.3. The van der Waals surface area contributed by atoms with E-state index in [-0.39, 0.29) is 6.54 Å². The summed E-state index contributed by atoms with van der Waals surface area (Å²) in [4.78, 5) is 12.1. The van der Waals surface area contributed by atoms with Gasteiger partial charge >= 0.3 is 6.03 Å². The Balaban J connectivity index is 1.84. The van der Waals surface area contributed by atoms with Crippen molar-refractivity contribution >= 4 is 23.5 Å². The average molecular weight is 316 g/mol. The number of amides is 2. The van der Waals surface area contributed by atoms with Crippen molar-refractivity contribution in [3.8, 4) is 0 Å². The molecule has 0 radical (unpaired) electrons. The van der Waals surface area contributed by atoms with Crippen LogP contribution in [-0.2, 0) is 0 Å². The van der Waals surface area contributed by atoms with Crippen LogP contribution in [0.3, 0.4) is 0 Å². The molecular weight excluding hydrogens is 298 g/mol. The summed E-state index contributed by atoms with van der Waals surface area (Å²) in [7, 11) is 0. The molecule has 0 unspecified atom stereocenters. The van der Waals surface area contributed by atoms with Gasteiger partial charge in [-0.05, 0) is 31.0 Å². The van der Waals surface area contributed by atoms with Crippen molar-refractivity contribution < 1.29 is 18.7 Å². The van der Waals surface area contributed by atoms with Crippen LogP contribution in [0.2, 0.25) is 0 Å². The maximum Gasteiger partial charge on any atom is 0.319 e. The molecule has 2 rings (SSSR count). The van der Waals surface area contributed by atoms with Gasteiger partial charge in [0.25, 0.3) is 5.76 Å². The van der Waals surface area contributed by atoms with Gasteiger partial charge in [-0.1, -0.05) is 30.7 Å². The maximum atomic E-state index is 12.3. The number of hydrogen-bond donors (Lipinski definition) is 3.